The van der Waals surface area contributed by atoms with Crippen LogP contribution in [0.25, 0.3) is 0 Å². The maximum Gasteiger partial charge on any atom is 0.0521 e. The van der Waals surface area contributed by atoms with Gasteiger partial charge in [0.2, 0.25) is 0 Å². The third-order valence-electron chi connectivity index (χ3n) is 4.97. The molecule has 2 unspecified atom stereocenters. The molecule has 2 aliphatic rings. The van der Waals surface area contributed by atoms with Crippen molar-refractivity contribution < 1.29 is 0 Å². The summed E-state index contributed by atoms with van der Waals surface area (Å²) < 4.78 is 1.22. The molecule has 1 saturated carbocycles. The Bertz CT molecular complexity index is 423. The Morgan fingerprint density at radius 3 is 2.78 bits per heavy atom. The van der Waals surface area contributed by atoms with Gasteiger partial charge in [0.15, 0.2) is 0 Å². The fourth-order valence-corrected chi connectivity index (χ4v) is 4.34. The summed E-state index contributed by atoms with van der Waals surface area (Å²) in [6, 6.07) is 6.63. The van der Waals surface area contributed by atoms with Crippen molar-refractivity contribution in [3.63, 3.8) is 0 Å². The summed E-state index contributed by atoms with van der Waals surface area (Å²) in [5, 5.41) is 3.59. The molecule has 0 bridgehead atoms. The zero-order valence-electron chi connectivity index (χ0n) is 11.1. The van der Waals surface area contributed by atoms with E-state index in [0.29, 0.717) is 5.92 Å². The summed E-state index contributed by atoms with van der Waals surface area (Å²) in [6.45, 7) is 3.59. The minimum absolute atomic E-state index is 0.709. The Hall–Kier alpha value is -0.500. The number of benzene rings is 1. The lowest BCUT2D eigenvalue weighted by atomic mass is 9.73. The van der Waals surface area contributed by atoms with Crippen molar-refractivity contribution >= 4 is 21.6 Å². The summed E-state index contributed by atoms with van der Waals surface area (Å²) in [4.78, 5) is 0. The molecule has 1 nitrogen and oxygen atoms in total. The van der Waals surface area contributed by atoms with Gasteiger partial charge in [-0.1, -0.05) is 51.2 Å². The first kappa shape index (κ1) is 12.5. The normalized spacial score (nSPS) is 25.6. The molecular weight excluding hydrogens is 286 g/mol. The van der Waals surface area contributed by atoms with Crippen LogP contribution >= 0.6 is 15.9 Å². The van der Waals surface area contributed by atoms with E-state index in [2.05, 4.69) is 46.4 Å². The highest BCUT2D eigenvalue weighted by Crippen LogP contribution is 2.45. The Balaban J connectivity index is 1.80. The Morgan fingerprint density at radius 1 is 1.22 bits per heavy atom. The lowest BCUT2D eigenvalue weighted by Crippen LogP contribution is -2.23. The monoisotopic (exact) mass is 307 g/mol. The van der Waals surface area contributed by atoms with Gasteiger partial charge in [-0.2, -0.15) is 0 Å². The van der Waals surface area contributed by atoms with E-state index in [9.17, 15) is 0 Å². The second-order valence-corrected chi connectivity index (χ2v) is 6.80. The highest BCUT2D eigenvalue weighted by atomic mass is 79.9. The van der Waals surface area contributed by atoms with E-state index >= 15 is 0 Å². The summed E-state index contributed by atoms with van der Waals surface area (Å²) in [7, 11) is 0. The number of para-hydroxylation sites is 1. The summed E-state index contributed by atoms with van der Waals surface area (Å²) in [6.07, 6.45) is 7.23. The van der Waals surface area contributed by atoms with E-state index in [1.54, 1.807) is 0 Å². The Kier molecular flexibility index (Phi) is 3.65. The predicted octanol–water partition coefficient (Wildman–Crippen LogP) is 5.17. The maximum atomic E-state index is 3.66. The van der Waals surface area contributed by atoms with Gasteiger partial charge in [0, 0.05) is 16.9 Å². The second kappa shape index (κ2) is 5.24. The molecule has 1 N–H and O–H groups in total. The molecule has 98 valence electrons. The van der Waals surface area contributed by atoms with Gasteiger partial charge >= 0.3 is 0 Å². The largest absolute Gasteiger partial charge is 0.383 e. The topological polar surface area (TPSA) is 12.0 Å². The quantitative estimate of drug-likeness (QED) is 0.794. The molecule has 1 aliphatic carbocycles. The summed E-state index contributed by atoms with van der Waals surface area (Å²) in [5.41, 5.74) is 2.87. The van der Waals surface area contributed by atoms with Crippen molar-refractivity contribution in [1.29, 1.82) is 0 Å². The first-order chi connectivity index (χ1) is 8.77. The van der Waals surface area contributed by atoms with Gasteiger partial charge in [0.25, 0.3) is 0 Å². The number of anilines is 1. The van der Waals surface area contributed by atoms with E-state index in [-0.39, 0.29) is 0 Å². The molecule has 1 aliphatic heterocycles. The molecule has 0 saturated heterocycles. The molecule has 18 heavy (non-hydrogen) atoms. The zero-order chi connectivity index (χ0) is 12.5. The average Bonchev–Trinajstić information content (AvgIpc) is 2.84. The van der Waals surface area contributed by atoms with Crippen LogP contribution in [0.4, 0.5) is 5.69 Å². The van der Waals surface area contributed by atoms with E-state index < -0.39 is 0 Å². The van der Waals surface area contributed by atoms with E-state index in [0.717, 1.165) is 18.4 Å². The van der Waals surface area contributed by atoms with E-state index in [4.69, 9.17) is 0 Å². The van der Waals surface area contributed by atoms with Crippen LogP contribution in [0.2, 0.25) is 0 Å². The molecule has 2 heteroatoms. The summed E-state index contributed by atoms with van der Waals surface area (Å²) in [5.74, 6) is 2.46. The smallest absolute Gasteiger partial charge is 0.0521 e. The third-order valence-corrected chi connectivity index (χ3v) is 5.63. The highest BCUT2D eigenvalue weighted by Gasteiger charge is 2.32. The van der Waals surface area contributed by atoms with Gasteiger partial charge < -0.3 is 5.32 Å². The number of hydrogen-bond donors (Lipinski definition) is 1. The standard InChI is InChI=1S/C16H22BrN/c1-11(12-6-3-2-4-7-12)14-10-18-16-13(14)8-5-9-15(16)17/h5,8-9,11-12,14,18H,2-4,6-7,10H2,1H3. The molecule has 1 aromatic carbocycles. The van der Waals surface area contributed by atoms with Crippen molar-refractivity contribution in [3.8, 4) is 0 Å². The lowest BCUT2D eigenvalue weighted by molar-refractivity contribution is 0.238. The highest BCUT2D eigenvalue weighted by molar-refractivity contribution is 9.10. The summed E-state index contributed by atoms with van der Waals surface area (Å²) >= 11 is 3.66. The van der Waals surface area contributed by atoms with Crippen molar-refractivity contribution in [1.82, 2.24) is 0 Å². The first-order valence-electron chi connectivity index (χ1n) is 7.29. The van der Waals surface area contributed by atoms with Crippen LogP contribution in [0.5, 0.6) is 0 Å². The predicted molar refractivity (Wildman–Crippen MR) is 81.1 cm³/mol. The number of hydrogen-bond acceptors (Lipinski definition) is 1. The van der Waals surface area contributed by atoms with Gasteiger partial charge in [0.05, 0.1) is 5.69 Å². The van der Waals surface area contributed by atoms with E-state index in [1.165, 1.54) is 47.8 Å². The van der Waals surface area contributed by atoms with Crippen LogP contribution in [-0.4, -0.2) is 6.54 Å². The molecular formula is C16H22BrN. The maximum absolute atomic E-state index is 3.66. The van der Waals surface area contributed by atoms with Crippen molar-refractivity contribution in [2.24, 2.45) is 11.8 Å². The number of fused-ring (bicyclic) bond motifs is 1. The number of rotatable bonds is 2. The molecule has 1 aromatic rings. The SMILES string of the molecule is CC(C1CCCCC1)C1CNc2c(Br)cccc21. The minimum Gasteiger partial charge on any atom is -0.383 e. The molecule has 1 heterocycles. The first-order valence-corrected chi connectivity index (χ1v) is 8.09. The van der Waals surface area contributed by atoms with Crippen molar-refractivity contribution in [3.05, 3.63) is 28.2 Å². The van der Waals surface area contributed by atoms with E-state index in [1.807, 2.05) is 0 Å². The van der Waals surface area contributed by atoms with Crippen LogP contribution < -0.4 is 5.32 Å². The van der Waals surface area contributed by atoms with Gasteiger partial charge in [-0.05, 0) is 39.4 Å². The molecule has 3 rings (SSSR count). The van der Waals surface area contributed by atoms with Crippen molar-refractivity contribution in [2.45, 2.75) is 44.9 Å². The number of halogens is 1. The molecule has 0 aromatic heterocycles. The van der Waals surface area contributed by atoms with Gasteiger partial charge in [-0.15, -0.1) is 0 Å². The van der Waals surface area contributed by atoms with Crippen LogP contribution in [0.3, 0.4) is 0 Å². The lowest BCUT2D eigenvalue weighted by Gasteiger charge is -2.31. The number of nitrogens with one attached hydrogen (secondary N) is 1. The molecule has 1 fully saturated rings. The van der Waals surface area contributed by atoms with Crippen LogP contribution in [0.1, 0.15) is 50.5 Å². The van der Waals surface area contributed by atoms with Gasteiger partial charge in [-0.25, -0.2) is 0 Å². The van der Waals surface area contributed by atoms with Gasteiger partial charge in [0.1, 0.15) is 0 Å². The zero-order valence-corrected chi connectivity index (χ0v) is 12.7. The average molecular weight is 308 g/mol. The minimum atomic E-state index is 0.709. The van der Waals surface area contributed by atoms with Gasteiger partial charge in [-0.3, -0.25) is 0 Å². The van der Waals surface area contributed by atoms with Crippen molar-refractivity contribution in [2.75, 3.05) is 11.9 Å². The Morgan fingerprint density at radius 2 is 2.00 bits per heavy atom. The van der Waals surface area contributed by atoms with Crippen LogP contribution in [-0.2, 0) is 0 Å². The third kappa shape index (κ3) is 2.20. The molecule has 2 atom stereocenters. The van der Waals surface area contributed by atoms with Crippen LogP contribution in [0.15, 0.2) is 22.7 Å². The second-order valence-electron chi connectivity index (χ2n) is 5.95. The Labute approximate surface area is 118 Å². The molecule has 0 amide bonds. The van der Waals surface area contributed by atoms with Crippen LogP contribution in [0, 0.1) is 11.8 Å². The fourth-order valence-electron chi connectivity index (χ4n) is 3.82. The molecule has 0 radical (unpaired) electrons. The molecule has 0 spiro atoms. The fraction of sp³-hybridized carbons (Fsp3) is 0.625.